The number of aromatic amines is 1. The van der Waals surface area contributed by atoms with Crippen molar-refractivity contribution in [3.05, 3.63) is 99.2 Å². The Balaban J connectivity index is 0.000000171. The minimum atomic E-state index is -3.82. The van der Waals surface area contributed by atoms with Gasteiger partial charge in [-0.3, -0.25) is 19.6 Å². The van der Waals surface area contributed by atoms with Crippen LogP contribution in [0.15, 0.2) is 82.9 Å². The van der Waals surface area contributed by atoms with Gasteiger partial charge in [-0.15, -0.1) is 22.7 Å². The number of H-pyrrole nitrogens is 1. The van der Waals surface area contributed by atoms with Crippen molar-refractivity contribution in [2.75, 3.05) is 79.8 Å². The average molecular weight is 1080 g/mol. The second kappa shape index (κ2) is 24.3. The van der Waals surface area contributed by atoms with Crippen LogP contribution in [-0.4, -0.2) is 154 Å². The van der Waals surface area contributed by atoms with Gasteiger partial charge in [0.15, 0.2) is 5.65 Å². The number of thiazole rings is 2. The maximum Gasteiger partial charge on any atom is 1.00 e. The topological polar surface area (TPSA) is 168 Å². The summed E-state index contributed by atoms with van der Waals surface area (Å²) < 4.78 is 40.1. The maximum atomic E-state index is 13.8. The number of aromatic nitrogens is 6. The van der Waals surface area contributed by atoms with Gasteiger partial charge in [0.2, 0.25) is 0 Å². The third kappa shape index (κ3) is 11.5. The number of hydrogen-bond donors (Lipinski definition) is 1. The minimum Gasteiger partial charge on any atom is -0.870 e. The van der Waals surface area contributed by atoms with Crippen molar-refractivity contribution in [1.29, 1.82) is 0 Å². The first-order chi connectivity index (χ1) is 35.7. The van der Waals surface area contributed by atoms with Crippen LogP contribution in [0.2, 0.25) is 0 Å². The van der Waals surface area contributed by atoms with Crippen LogP contribution in [0.4, 0.5) is 0 Å². The number of nitrogens with one attached hydrogen (secondary N) is 1. The van der Waals surface area contributed by atoms with Gasteiger partial charge in [-0.1, -0.05) is 18.2 Å². The maximum absolute atomic E-state index is 13.8. The zero-order valence-corrected chi connectivity index (χ0v) is 48.3. The third-order valence-electron chi connectivity index (χ3n) is 17.2. The molecule has 6 fully saturated rings. The molecular formula is C56H71N10NaO5S3. The van der Waals surface area contributed by atoms with Crippen LogP contribution in [0.5, 0.6) is 0 Å². The molecule has 15 nitrogen and oxygen atoms in total. The molecular weight excluding hydrogens is 1010 g/mol. The van der Waals surface area contributed by atoms with Crippen molar-refractivity contribution in [3.63, 3.8) is 0 Å². The Morgan fingerprint density at radius 1 is 0.627 bits per heavy atom. The van der Waals surface area contributed by atoms with Crippen molar-refractivity contribution in [2.45, 2.75) is 118 Å². The van der Waals surface area contributed by atoms with Crippen LogP contribution in [0.25, 0.3) is 44.6 Å². The average Bonchev–Trinajstić information content (AvgIpc) is 4.34. The van der Waals surface area contributed by atoms with E-state index in [2.05, 4.69) is 74.0 Å². The molecule has 6 aromatic heterocycles. The van der Waals surface area contributed by atoms with Crippen LogP contribution < -0.4 is 29.6 Å². The molecule has 0 radical (unpaired) electrons. The summed E-state index contributed by atoms with van der Waals surface area (Å²) in [5.74, 6) is 1.04. The molecule has 2 N–H and O–H groups in total. The van der Waals surface area contributed by atoms with Gasteiger partial charge in [-0.2, -0.15) is 0 Å². The summed E-state index contributed by atoms with van der Waals surface area (Å²) in [6.07, 6.45) is 22.2. The van der Waals surface area contributed by atoms with Crippen LogP contribution in [0.3, 0.4) is 0 Å². The Morgan fingerprint density at radius 3 is 1.65 bits per heavy atom. The van der Waals surface area contributed by atoms with Crippen LogP contribution >= 0.6 is 22.7 Å². The second-order valence-corrected chi connectivity index (χ2v) is 25.0. The minimum absolute atomic E-state index is 0. The van der Waals surface area contributed by atoms with E-state index in [0.29, 0.717) is 35.6 Å². The fourth-order valence-electron chi connectivity index (χ4n) is 12.9. The summed E-state index contributed by atoms with van der Waals surface area (Å²) in [6, 6.07) is 15.3. The van der Waals surface area contributed by atoms with E-state index in [1.165, 1.54) is 95.4 Å². The Kier molecular flexibility index (Phi) is 17.8. The van der Waals surface area contributed by atoms with E-state index in [9.17, 15) is 8.42 Å². The Labute approximate surface area is 472 Å². The Morgan fingerprint density at radius 2 is 1.13 bits per heavy atom. The number of morpholine rings is 2. The molecule has 0 spiro atoms. The van der Waals surface area contributed by atoms with Crippen LogP contribution in [0.1, 0.15) is 122 Å². The van der Waals surface area contributed by atoms with Gasteiger partial charge in [0.05, 0.1) is 54.8 Å². The van der Waals surface area contributed by atoms with E-state index in [-0.39, 0.29) is 39.9 Å². The predicted molar refractivity (Wildman–Crippen MR) is 293 cm³/mol. The van der Waals surface area contributed by atoms with Gasteiger partial charge < -0.3 is 19.9 Å². The molecule has 75 heavy (non-hydrogen) atoms. The summed E-state index contributed by atoms with van der Waals surface area (Å²) in [7, 11) is 0.548. The summed E-state index contributed by atoms with van der Waals surface area (Å²) >= 11 is 3.47. The number of fused-ring (bicyclic) bond motifs is 2. The smallest absolute Gasteiger partial charge is 0.870 e. The molecule has 2 saturated carbocycles. The fraction of sp³-hybridized carbons (Fsp3) is 0.536. The number of ether oxygens (including phenoxy) is 2. The second-order valence-electron chi connectivity index (χ2n) is 21.4. The summed E-state index contributed by atoms with van der Waals surface area (Å²) in [4.78, 5) is 33.4. The predicted octanol–water partition coefficient (Wildman–Crippen LogP) is 7.16. The molecule has 2 atom stereocenters. The van der Waals surface area contributed by atoms with E-state index in [1.807, 2.05) is 12.3 Å². The van der Waals surface area contributed by atoms with Gasteiger partial charge in [0.1, 0.15) is 15.7 Å². The first-order valence-electron chi connectivity index (χ1n) is 27.0. The molecule has 6 aliphatic rings. The van der Waals surface area contributed by atoms with Crippen molar-refractivity contribution in [2.24, 2.45) is 0 Å². The molecule has 2 unspecified atom stereocenters. The molecule has 7 aromatic rings. The number of pyridine rings is 2. The molecule has 1 aromatic carbocycles. The number of benzene rings is 1. The molecule has 10 heterocycles. The van der Waals surface area contributed by atoms with Crippen molar-refractivity contribution < 1.29 is 52.9 Å². The SMILES string of the molecule is CN1CCCC1c1nc(-c2c[nH]c3ncc(C4CCC(N5CCOCC5)CC4)cc23)cs1.CN1CCCC1c1nc(-c2cn(S(=O)(=O)c3ccccc3)c3ncc(C4CCC(N5CCOCC5)CC4)cc23)cs1.[Na+].[OH-]. The van der Waals surface area contributed by atoms with Gasteiger partial charge in [0, 0.05) is 95.7 Å². The zero-order chi connectivity index (χ0) is 49.5. The standard InChI is InChI=1S/C31H37N5O3S2.C25H33N5OS.Na.H2O/c1-34-13-5-8-29(34)31-33-28(21-40-31)27-20-36(41(37,38)25-6-3-2-4-7-25)30-26(27)18-23(19-32-30)22-9-11-24(12-10-22)35-14-16-39-17-15-35;1-29-8-2-3-23(29)25-28-22(16-32-25)21-15-27-24-20(21)13-18(14-26-24)17-4-6-19(7-5-17)30-9-11-31-12-10-30;;/h2-4,6-7,18-22,24,29H,5,8-17H2,1H3;13-17,19,23H,2-12H2,1H3,(H,26,27);;1H2/q;;+1;/p-1. The van der Waals surface area contributed by atoms with E-state index in [4.69, 9.17) is 29.4 Å². The summed E-state index contributed by atoms with van der Waals surface area (Å²) in [5.41, 5.74) is 7.96. The van der Waals surface area contributed by atoms with Gasteiger partial charge in [-0.25, -0.2) is 32.3 Å². The van der Waals surface area contributed by atoms with E-state index < -0.39 is 10.0 Å². The number of likely N-dealkylation sites (tertiary alicyclic amines) is 2. The fourth-order valence-corrected chi connectivity index (χ4v) is 16.3. The van der Waals surface area contributed by atoms with Gasteiger partial charge in [0.25, 0.3) is 10.0 Å². The van der Waals surface area contributed by atoms with Crippen molar-refractivity contribution >= 4 is 54.8 Å². The zero-order valence-electron chi connectivity index (χ0n) is 43.9. The van der Waals surface area contributed by atoms with E-state index in [1.54, 1.807) is 53.1 Å². The molecule has 4 saturated heterocycles. The third-order valence-corrected chi connectivity index (χ3v) is 20.7. The molecule has 0 amide bonds. The number of nitrogens with zero attached hydrogens (tertiary/aromatic N) is 9. The molecule has 0 bridgehead atoms. The summed E-state index contributed by atoms with van der Waals surface area (Å²) in [5, 5.41) is 8.72. The summed E-state index contributed by atoms with van der Waals surface area (Å²) in [6.45, 7) is 9.97. The van der Waals surface area contributed by atoms with Crippen molar-refractivity contribution in [3.8, 4) is 22.5 Å². The molecule has 19 heteroatoms. The molecule has 13 rings (SSSR count). The first kappa shape index (κ1) is 54.9. The number of hydrogen-bond acceptors (Lipinski definition) is 15. The van der Waals surface area contributed by atoms with Crippen molar-refractivity contribution in [1.82, 2.24) is 48.5 Å². The first-order valence-corrected chi connectivity index (χ1v) is 30.2. The Hall–Kier alpha value is -3.47. The number of rotatable bonds is 10. The molecule has 4 aliphatic heterocycles. The van der Waals surface area contributed by atoms with E-state index >= 15 is 0 Å². The molecule has 2 aliphatic carbocycles. The Bertz CT molecular complexity index is 3100. The quantitative estimate of drug-likeness (QED) is 0.137. The molecule has 394 valence electrons. The van der Waals surface area contributed by atoms with Crippen LogP contribution in [-0.2, 0) is 19.5 Å². The van der Waals surface area contributed by atoms with E-state index in [0.717, 1.165) is 117 Å². The van der Waals surface area contributed by atoms with Crippen LogP contribution in [0, 0.1) is 0 Å². The monoisotopic (exact) mass is 1080 g/mol. The van der Waals surface area contributed by atoms with Gasteiger partial charge >= 0.3 is 29.6 Å². The van der Waals surface area contributed by atoms with Gasteiger partial charge in [-0.05, 0) is 151 Å². The largest absolute Gasteiger partial charge is 1.00 e. The normalized spacial score (nSPS) is 25.5.